The number of allylic oxidation sites excluding steroid dienone is 4. The fourth-order valence-electron chi connectivity index (χ4n) is 6.97. The van der Waals surface area contributed by atoms with Crippen LogP contribution in [0.25, 0.3) is 0 Å². The topological polar surface area (TPSA) is 54.0 Å². The van der Waals surface area contributed by atoms with E-state index in [1.165, 1.54) is 16.7 Å². The molecule has 2 fully saturated rings. The van der Waals surface area contributed by atoms with Crippen molar-refractivity contribution in [3.05, 3.63) is 47.1 Å². The van der Waals surface area contributed by atoms with Gasteiger partial charge in [-0.25, -0.2) is 4.79 Å². The Morgan fingerprint density at radius 3 is 2.12 bits per heavy atom. The summed E-state index contributed by atoms with van der Waals surface area (Å²) in [5.74, 6) is 0.373. The van der Waals surface area contributed by atoms with Crippen molar-refractivity contribution >= 4 is 22.6 Å². The van der Waals surface area contributed by atoms with Gasteiger partial charge in [-0.05, 0) is 123 Å². The summed E-state index contributed by atoms with van der Waals surface area (Å²) in [7, 11) is -3.98. The number of fused-ring (bicyclic) bond motifs is 1. The number of carbonyl (C=O) groups is 1. The molecule has 0 unspecified atom stereocenters. The standard InChI is InChI=1S/C41H72O5Si2/c1-28(2)40(11,12)44-37(42)27-43-30(4)34-22-23-35-31(19-18-24-41(34,35)13)20-21-32-25-33(45-47(14,15)38(5,6)7)26-36(29(32)3)46-48(16,17)39(8,9)10/h20-22,28,30,33,35-36H,3,18-19,23-27H2,1-2,4-17H3/t30-,33+,35-,36-,41+/m0/s1. The highest BCUT2D eigenvalue weighted by molar-refractivity contribution is 6.74. The average Bonchev–Trinajstić information content (AvgIpc) is 3.28. The predicted octanol–water partition coefficient (Wildman–Crippen LogP) is 11.5. The zero-order valence-electron chi connectivity index (χ0n) is 33.8. The van der Waals surface area contributed by atoms with E-state index in [-0.39, 0.29) is 52.3 Å². The Labute approximate surface area is 297 Å². The highest BCUT2D eigenvalue weighted by atomic mass is 28.4. The van der Waals surface area contributed by atoms with Gasteiger partial charge in [-0.2, -0.15) is 0 Å². The first kappa shape index (κ1) is 41.2. The Kier molecular flexibility index (Phi) is 12.7. The molecule has 0 aliphatic heterocycles. The maximum atomic E-state index is 12.7. The Hall–Kier alpha value is -1.26. The Balaban J connectivity index is 1.83. The second-order valence-electron chi connectivity index (χ2n) is 19.2. The number of rotatable bonds is 11. The van der Waals surface area contributed by atoms with E-state index in [1.54, 1.807) is 0 Å². The van der Waals surface area contributed by atoms with Crippen molar-refractivity contribution in [2.24, 2.45) is 17.3 Å². The lowest BCUT2D eigenvalue weighted by Gasteiger charge is -2.45. The molecule has 0 N–H and O–H groups in total. The lowest BCUT2D eigenvalue weighted by Crippen LogP contribution is -2.49. The molecular formula is C41H72O5Si2. The van der Waals surface area contributed by atoms with Gasteiger partial charge in [0, 0.05) is 6.42 Å². The Morgan fingerprint density at radius 2 is 1.56 bits per heavy atom. The van der Waals surface area contributed by atoms with Gasteiger partial charge >= 0.3 is 5.97 Å². The molecular weight excluding hydrogens is 629 g/mol. The smallest absolute Gasteiger partial charge is 0.332 e. The van der Waals surface area contributed by atoms with Crippen LogP contribution >= 0.6 is 0 Å². The minimum absolute atomic E-state index is 0.0220. The van der Waals surface area contributed by atoms with Crippen LogP contribution in [0.4, 0.5) is 0 Å². The summed E-state index contributed by atoms with van der Waals surface area (Å²) in [6, 6.07) is 0. The molecule has 0 saturated heterocycles. The number of hydrogen-bond acceptors (Lipinski definition) is 5. The molecule has 0 radical (unpaired) electrons. The van der Waals surface area contributed by atoms with Crippen molar-refractivity contribution in [3.8, 4) is 0 Å². The van der Waals surface area contributed by atoms with E-state index >= 15 is 0 Å². The van der Waals surface area contributed by atoms with Crippen LogP contribution in [0.2, 0.25) is 36.3 Å². The molecule has 0 bridgehead atoms. The zero-order valence-corrected chi connectivity index (χ0v) is 35.8. The van der Waals surface area contributed by atoms with Crippen molar-refractivity contribution in [1.82, 2.24) is 0 Å². The number of hydrogen-bond donors (Lipinski definition) is 0. The predicted molar refractivity (Wildman–Crippen MR) is 207 cm³/mol. The highest BCUT2D eigenvalue weighted by Crippen LogP contribution is 2.56. The molecule has 3 aliphatic rings. The third kappa shape index (κ3) is 9.34. The van der Waals surface area contributed by atoms with E-state index in [9.17, 15) is 4.79 Å². The van der Waals surface area contributed by atoms with Gasteiger partial charge in [0.15, 0.2) is 16.6 Å². The molecule has 5 nitrogen and oxygen atoms in total. The monoisotopic (exact) mass is 700 g/mol. The van der Waals surface area contributed by atoms with Crippen molar-refractivity contribution in [1.29, 1.82) is 0 Å². The molecule has 0 heterocycles. The quantitative estimate of drug-likeness (QED) is 0.122. The van der Waals surface area contributed by atoms with Crippen LogP contribution in [-0.2, 0) is 23.1 Å². The van der Waals surface area contributed by atoms with E-state index in [2.05, 4.69) is 120 Å². The number of carbonyl (C=O) groups excluding carboxylic acids is 1. The second kappa shape index (κ2) is 14.8. The van der Waals surface area contributed by atoms with E-state index in [0.717, 1.165) is 44.1 Å². The molecule has 0 aromatic carbocycles. The van der Waals surface area contributed by atoms with Gasteiger partial charge in [0.05, 0.1) is 18.3 Å². The molecule has 7 heteroatoms. The summed E-state index contributed by atoms with van der Waals surface area (Å²) in [5.41, 5.74) is 4.75. The van der Waals surface area contributed by atoms with Crippen LogP contribution in [0.5, 0.6) is 0 Å². The number of ether oxygens (including phenoxy) is 2. The van der Waals surface area contributed by atoms with Gasteiger partial charge in [-0.1, -0.05) is 92.7 Å². The molecule has 0 aromatic heterocycles. The van der Waals surface area contributed by atoms with Gasteiger partial charge in [-0.3, -0.25) is 0 Å². The summed E-state index contributed by atoms with van der Waals surface area (Å²) in [6.45, 7) is 40.5. The summed E-state index contributed by atoms with van der Waals surface area (Å²) in [4.78, 5) is 12.7. The van der Waals surface area contributed by atoms with Crippen LogP contribution < -0.4 is 0 Å². The number of esters is 1. The summed E-state index contributed by atoms with van der Waals surface area (Å²) in [6.07, 6.45) is 13.3. The minimum Gasteiger partial charge on any atom is -0.458 e. The van der Waals surface area contributed by atoms with Crippen molar-refractivity contribution in [2.45, 2.75) is 182 Å². The second-order valence-corrected chi connectivity index (χ2v) is 28.7. The first-order valence-electron chi connectivity index (χ1n) is 18.7. The van der Waals surface area contributed by atoms with E-state index in [1.807, 2.05) is 13.8 Å². The first-order valence-corrected chi connectivity index (χ1v) is 24.5. The van der Waals surface area contributed by atoms with E-state index < -0.39 is 22.2 Å². The van der Waals surface area contributed by atoms with Crippen molar-refractivity contribution in [2.75, 3.05) is 6.61 Å². The maximum Gasteiger partial charge on any atom is 0.332 e. The van der Waals surface area contributed by atoms with Crippen molar-refractivity contribution < 1.29 is 23.1 Å². The third-order valence-corrected chi connectivity index (χ3v) is 22.0. The molecule has 0 aromatic rings. The van der Waals surface area contributed by atoms with Gasteiger partial charge in [0.2, 0.25) is 0 Å². The van der Waals surface area contributed by atoms with E-state index in [4.69, 9.17) is 18.3 Å². The molecule has 0 amide bonds. The van der Waals surface area contributed by atoms with Crippen LogP contribution in [0.15, 0.2) is 47.1 Å². The maximum absolute atomic E-state index is 12.7. The van der Waals surface area contributed by atoms with Crippen LogP contribution in [0.3, 0.4) is 0 Å². The lowest BCUT2D eigenvalue weighted by atomic mass is 9.63. The van der Waals surface area contributed by atoms with E-state index in [0.29, 0.717) is 5.92 Å². The highest BCUT2D eigenvalue weighted by Gasteiger charge is 2.47. The molecule has 0 spiro atoms. The third-order valence-electron chi connectivity index (χ3n) is 13.0. The van der Waals surface area contributed by atoms with Gasteiger partial charge in [-0.15, -0.1) is 0 Å². The van der Waals surface area contributed by atoms with Crippen LogP contribution in [-0.4, -0.2) is 53.1 Å². The molecule has 3 aliphatic carbocycles. The normalized spacial score (nSPS) is 28.6. The fraction of sp³-hybridized carbons (Fsp3) is 0.780. The van der Waals surface area contributed by atoms with Crippen molar-refractivity contribution in [3.63, 3.8) is 0 Å². The zero-order chi connectivity index (χ0) is 36.7. The van der Waals surface area contributed by atoms with Gasteiger partial charge < -0.3 is 18.3 Å². The molecule has 274 valence electrons. The summed E-state index contributed by atoms with van der Waals surface area (Å²) < 4.78 is 26.1. The molecule has 3 rings (SSSR count). The average molecular weight is 701 g/mol. The molecule has 48 heavy (non-hydrogen) atoms. The van der Waals surface area contributed by atoms with Gasteiger partial charge in [0.1, 0.15) is 12.2 Å². The van der Waals surface area contributed by atoms with Crippen LogP contribution in [0, 0.1) is 17.3 Å². The minimum atomic E-state index is -2.02. The fourth-order valence-corrected chi connectivity index (χ4v) is 9.64. The Bertz CT molecular complexity index is 1270. The van der Waals surface area contributed by atoms with Gasteiger partial charge in [0.25, 0.3) is 0 Å². The molecule has 5 atom stereocenters. The first-order chi connectivity index (χ1) is 21.7. The van der Waals surface area contributed by atoms with Crippen LogP contribution in [0.1, 0.15) is 122 Å². The SMILES string of the molecule is C=C1C(=CC=C2CCC[C@]3(C)C([C@H](C)OCC(=O)OC(C)(C)C(C)C)=CC[C@@H]23)C[C@@H](O[Si](C)(C)C(C)(C)C)C[C@@H]1O[Si](C)(C)C(C)(C)C. The lowest BCUT2D eigenvalue weighted by molar-refractivity contribution is -0.167. The largest absolute Gasteiger partial charge is 0.458 e. The Morgan fingerprint density at radius 1 is 0.979 bits per heavy atom. The summed E-state index contributed by atoms with van der Waals surface area (Å²) in [5, 5.41) is 0.270. The summed E-state index contributed by atoms with van der Waals surface area (Å²) >= 11 is 0. The molecule has 2 saturated carbocycles.